The van der Waals surface area contributed by atoms with E-state index in [9.17, 15) is 14.7 Å². The highest BCUT2D eigenvalue weighted by Crippen LogP contribution is 2.19. The van der Waals surface area contributed by atoms with Gasteiger partial charge in [0.2, 0.25) is 11.8 Å². The number of fused-ring (bicyclic) bond motifs is 1. The van der Waals surface area contributed by atoms with Gasteiger partial charge >= 0.3 is 0 Å². The van der Waals surface area contributed by atoms with Crippen LogP contribution in [-0.4, -0.2) is 28.4 Å². The maximum Gasteiger partial charge on any atom is 0.245 e. The molecule has 126 valence electrons. The molecule has 1 heterocycles. The lowest BCUT2D eigenvalue weighted by molar-refractivity contribution is -0.123. The number of aromatic nitrogens is 1. The molecule has 0 aliphatic heterocycles. The van der Waals surface area contributed by atoms with Gasteiger partial charge in [-0.05, 0) is 28.5 Å². The third kappa shape index (κ3) is 4.11. The highest BCUT2D eigenvalue weighted by molar-refractivity contribution is 5.96. The molecule has 3 aromatic rings. The van der Waals surface area contributed by atoms with Crippen LogP contribution < -0.4 is 10.6 Å². The van der Waals surface area contributed by atoms with Gasteiger partial charge in [-0.3, -0.25) is 9.59 Å². The average molecular weight is 335 g/mol. The summed E-state index contributed by atoms with van der Waals surface area (Å²) in [4.78, 5) is 27.8. The van der Waals surface area contributed by atoms with E-state index >= 15 is 0 Å². The Balaban J connectivity index is 1.57. The molecule has 0 aliphatic carbocycles. The topological polar surface area (TPSA) is 91.3 Å². The van der Waals surface area contributed by atoms with E-state index in [0.29, 0.717) is 0 Å². The van der Waals surface area contributed by atoms with E-state index in [-0.39, 0.29) is 30.4 Å². The molecule has 2 aromatic carbocycles. The Bertz CT molecular complexity index is 919. The fourth-order valence-corrected chi connectivity index (χ4v) is 2.53. The van der Waals surface area contributed by atoms with Gasteiger partial charge in [-0.1, -0.05) is 42.5 Å². The molecule has 0 fully saturated rings. The number of hydrogen-bond acceptors (Lipinski definition) is 4. The Morgan fingerprint density at radius 1 is 0.960 bits per heavy atom. The maximum atomic E-state index is 12.1. The van der Waals surface area contributed by atoms with Gasteiger partial charge in [0.05, 0.1) is 13.0 Å². The van der Waals surface area contributed by atoms with Gasteiger partial charge in [0, 0.05) is 6.20 Å². The number of carbonyl (C=O) groups excluding carboxylic acids is 2. The summed E-state index contributed by atoms with van der Waals surface area (Å²) in [5, 5.41) is 16.7. The third-order valence-electron chi connectivity index (χ3n) is 3.72. The van der Waals surface area contributed by atoms with E-state index in [1.165, 1.54) is 12.3 Å². The molecule has 3 rings (SSSR count). The van der Waals surface area contributed by atoms with Crippen LogP contribution in [-0.2, 0) is 16.0 Å². The molecule has 0 unspecified atom stereocenters. The van der Waals surface area contributed by atoms with Gasteiger partial charge in [-0.2, -0.15) is 0 Å². The van der Waals surface area contributed by atoms with E-state index in [1.54, 1.807) is 6.07 Å². The number of aromatic hydroxyl groups is 1. The van der Waals surface area contributed by atoms with Gasteiger partial charge in [0.1, 0.15) is 0 Å². The Hall–Kier alpha value is -3.41. The van der Waals surface area contributed by atoms with Crippen LogP contribution in [0, 0.1) is 0 Å². The molecule has 0 saturated carbocycles. The smallest absolute Gasteiger partial charge is 0.245 e. The second kappa shape index (κ2) is 7.44. The lowest BCUT2D eigenvalue weighted by Crippen LogP contribution is -2.34. The largest absolute Gasteiger partial charge is 0.504 e. The van der Waals surface area contributed by atoms with Crippen LogP contribution in [0.3, 0.4) is 0 Å². The van der Waals surface area contributed by atoms with Gasteiger partial charge in [0.15, 0.2) is 11.6 Å². The number of anilines is 1. The number of hydrogen-bond donors (Lipinski definition) is 3. The van der Waals surface area contributed by atoms with Gasteiger partial charge < -0.3 is 15.7 Å². The van der Waals surface area contributed by atoms with Crippen molar-refractivity contribution >= 4 is 28.4 Å². The van der Waals surface area contributed by atoms with Crippen molar-refractivity contribution in [2.75, 3.05) is 11.9 Å². The quantitative estimate of drug-likeness (QED) is 0.667. The molecule has 25 heavy (non-hydrogen) atoms. The number of carbonyl (C=O) groups is 2. The van der Waals surface area contributed by atoms with Crippen molar-refractivity contribution in [3.63, 3.8) is 0 Å². The number of nitrogens with one attached hydrogen (secondary N) is 2. The summed E-state index contributed by atoms with van der Waals surface area (Å²) in [7, 11) is 0. The number of benzene rings is 2. The van der Waals surface area contributed by atoms with Crippen LogP contribution in [0.5, 0.6) is 5.75 Å². The number of rotatable bonds is 5. The molecule has 0 spiro atoms. The van der Waals surface area contributed by atoms with Crippen molar-refractivity contribution in [3.8, 4) is 5.75 Å². The molecule has 0 saturated heterocycles. The van der Waals surface area contributed by atoms with Crippen LogP contribution in [0.25, 0.3) is 10.8 Å². The van der Waals surface area contributed by atoms with E-state index in [1.807, 2.05) is 42.5 Å². The van der Waals surface area contributed by atoms with Crippen LogP contribution in [0.1, 0.15) is 5.56 Å². The molecule has 3 N–H and O–H groups in total. The van der Waals surface area contributed by atoms with Crippen molar-refractivity contribution in [3.05, 3.63) is 66.4 Å². The first kappa shape index (κ1) is 16.4. The molecule has 0 radical (unpaired) electrons. The highest BCUT2D eigenvalue weighted by Gasteiger charge is 2.10. The summed E-state index contributed by atoms with van der Waals surface area (Å²) in [5.41, 5.74) is 0.901. The molecule has 1 aromatic heterocycles. The number of nitrogens with zero attached hydrogens (tertiary/aromatic N) is 1. The van der Waals surface area contributed by atoms with Gasteiger partial charge in [-0.25, -0.2) is 4.98 Å². The minimum atomic E-state index is -0.458. The standard InChI is InChI=1S/C19H17N3O3/c23-16-9-4-10-20-19(16)22-18(25)12-21-17(24)11-14-7-3-6-13-5-1-2-8-15(13)14/h1-10,23H,11-12H2,(H,21,24)(H,20,22,25). The Morgan fingerprint density at radius 2 is 1.76 bits per heavy atom. The fraction of sp³-hybridized carbons (Fsp3) is 0.105. The molecule has 6 nitrogen and oxygen atoms in total. The zero-order chi connectivity index (χ0) is 17.6. The fourth-order valence-electron chi connectivity index (χ4n) is 2.53. The molecule has 0 atom stereocenters. The molecular weight excluding hydrogens is 318 g/mol. The molecule has 0 aliphatic rings. The minimum Gasteiger partial charge on any atom is -0.504 e. The molecule has 0 bridgehead atoms. The van der Waals surface area contributed by atoms with Gasteiger partial charge in [0.25, 0.3) is 0 Å². The number of pyridine rings is 1. The lowest BCUT2D eigenvalue weighted by atomic mass is 10.0. The molecular formula is C19H17N3O3. The van der Waals surface area contributed by atoms with E-state index in [0.717, 1.165) is 16.3 Å². The van der Waals surface area contributed by atoms with Crippen molar-refractivity contribution in [2.45, 2.75) is 6.42 Å². The Kier molecular flexibility index (Phi) is 4.89. The Labute approximate surface area is 144 Å². The predicted molar refractivity (Wildman–Crippen MR) is 95.2 cm³/mol. The number of amides is 2. The van der Waals surface area contributed by atoms with Crippen molar-refractivity contribution in [1.82, 2.24) is 10.3 Å². The summed E-state index contributed by atoms with van der Waals surface area (Å²) < 4.78 is 0. The van der Waals surface area contributed by atoms with E-state index in [4.69, 9.17) is 0 Å². The maximum absolute atomic E-state index is 12.1. The van der Waals surface area contributed by atoms with Crippen LogP contribution >= 0.6 is 0 Å². The van der Waals surface area contributed by atoms with Crippen molar-refractivity contribution in [1.29, 1.82) is 0 Å². The highest BCUT2D eigenvalue weighted by atomic mass is 16.3. The van der Waals surface area contributed by atoms with E-state index in [2.05, 4.69) is 15.6 Å². The monoisotopic (exact) mass is 335 g/mol. The summed E-state index contributed by atoms with van der Waals surface area (Å²) in [6.45, 7) is -0.195. The summed E-state index contributed by atoms with van der Waals surface area (Å²) in [6.07, 6.45) is 1.64. The zero-order valence-electron chi connectivity index (χ0n) is 13.4. The van der Waals surface area contributed by atoms with Crippen molar-refractivity contribution in [2.24, 2.45) is 0 Å². The lowest BCUT2D eigenvalue weighted by Gasteiger charge is -2.09. The summed E-state index contributed by atoms with van der Waals surface area (Å²) >= 11 is 0. The Morgan fingerprint density at radius 3 is 2.60 bits per heavy atom. The third-order valence-corrected chi connectivity index (χ3v) is 3.72. The first-order valence-corrected chi connectivity index (χ1v) is 7.80. The average Bonchev–Trinajstić information content (AvgIpc) is 2.62. The first-order chi connectivity index (χ1) is 12.1. The SMILES string of the molecule is O=C(Cc1cccc2ccccc12)NCC(=O)Nc1ncccc1O. The van der Waals surface area contributed by atoms with Crippen LogP contribution in [0.2, 0.25) is 0 Å². The van der Waals surface area contributed by atoms with E-state index < -0.39 is 5.91 Å². The zero-order valence-corrected chi connectivity index (χ0v) is 13.4. The second-order valence-corrected chi connectivity index (χ2v) is 5.51. The second-order valence-electron chi connectivity index (χ2n) is 5.51. The van der Waals surface area contributed by atoms with Crippen LogP contribution in [0.4, 0.5) is 5.82 Å². The predicted octanol–water partition coefficient (Wildman–Crippen LogP) is 2.24. The van der Waals surface area contributed by atoms with Gasteiger partial charge in [-0.15, -0.1) is 0 Å². The summed E-state index contributed by atoms with van der Waals surface area (Å²) in [5.74, 6) is -0.772. The first-order valence-electron chi connectivity index (χ1n) is 7.80. The normalized spacial score (nSPS) is 10.4. The van der Waals surface area contributed by atoms with Crippen molar-refractivity contribution < 1.29 is 14.7 Å². The minimum absolute atomic E-state index is 0.0656. The molecule has 2 amide bonds. The summed E-state index contributed by atoms with van der Waals surface area (Å²) in [6, 6.07) is 16.6. The van der Waals surface area contributed by atoms with Crippen LogP contribution in [0.15, 0.2) is 60.8 Å². The molecule has 6 heteroatoms.